The molecular weight excluding hydrogens is 237 g/mol. The van der Waals surface area contributed by atoms with Crippen LogP contribution in [0.2, 0.25) is 0 Å². The lowest BCUT2D eigenvalue weighted by Gasteiger charge is -2.12. The van der Waals surface area contributed by atoms with Crippen LogP contribution < -0.4 is 5.32 Å². The summed E-state index contributed by atoms with van der Waals surface area (Å²) in [5, 5.41) is 12.9. The molecule has 4 heteroatoms. The molecule has 1 atom stereocenters. The minimum absolute atomic E-state index is 0.234. The molecule has 0 aliphatic heterocycles. The lowest BCUT2D eigenvalue weighted by molar-refractivity contribution is 0.194. The van der Waals surface area contributed by atoms with Crippen molar-refractivity contribution in [2.45, 2.75) is 24.8 Å². The Bertz CT molecular complexity index is 333. The summed E-state index contributed by atoms with van der Waals surface area (Å²) in [7, 11) is 0. The Hall–Kier alpha value is -0.580. The van der Waals surface area contributed by atoms with Crippen LogP contribution in [0.25, 0.3) is 0 Å². The van der Waals surface area contributed by atoms with Gasteiger partial charge < -0.3 is 10.4 Å². The maximum Gasteiger partial charge on any atom is 0.124 e. The molecule has 96 valence electrons. The van der Waals surface area contributed by atoms with Gasteiger partial charge in [0.1, 0.15) is 5.82 Å². The third kappa shape index (κ3) is 6.66. The van der Waals surface area contributed by atoms with E-state index in [2.05, 4.69) is 19.2 Å². The summed E-state index contributed by atoms with van der Waals surface area (Å²) in [4.78, 5) is 0.855. The Balaban J connectivity index is 2.21. The summed E-state index contributed by atoms with van der Waals surface area (Å²) in [6.45, 7) is 5.74. The standard InChI is InChI=1S/C13H20FNOS/c1-10(2)7-15-8-12(16)9-17-13-5-3-4-11(14)6-13/h3-6,10,12,15-16H,7-9H2,1-2H3. The number of thioether (sulfide) groups is 1. The molecular formula is C13H20FNOS. The second-order valence-electron chi connectivity index (χ2n) is 4.47. The molecule has 0 spiro atoms. The molecule has 1 aromatic carbocycles. The van der Waals surface area contributed by atoms with Gasteiger partial charge in [-0.15, -0.1) is 11.8 Å². The first-order valence-corrected chi connectivity index (χ1v) is 6.83. The predicted octanol–water partition coefficient (Wildman–Crippen LogP) is 2.52. The maximum atomic E-state index is 12.9. The normalized spacial score (nSPS) is 13.0. The number of hydrogen-bond acceptors (Lipinski definition) is 3. The fourth-order valence-electron chi connectivity index (χ4n) is 1.35. The van der Waals surface area contributed by atoms with E-state index in [4.69, 9.17) is 0 Å². The van der Waals surface area contributed by atoms with Crippen LogP contribution in [0.15, 0.2) is 29.2 Å². The highest BCUT2D eigenvalue weighted by Crippen LogP contribution is 2.19. The van der Waals surface area contributed by atoms with Crippen molar-refractivity contribution in [3.63, 3.8) is 0 Å². The summed E-state index contributed by atoms with van der Waals surface area (Å²) in [6, 6.07) is 6.44. The molecule has 0 aromatic heterocycles. The van der Waals surface area contributed by atoms with Gasteiger partial charge in [-0.3, -0.25) is 0 Å². The molecule has 1 rings (SSSR count). The third-order valence-corrected chi connectivity index (χ3v) is 3.31. The van der Waals surface area contributed by atoms with Crippen LogP contribution in [0.4, 0.5) is 4.39 Å². The average molecular weight is 257 g/mol. The van der Waals surface area contributed by atoms with Gasteiger partial charge in [0, 0.05) is 17.2 Å². The van der Waals surface area contributed by atoms with Crippen molar-refractivity contribution in [1.82, 2.24) is 5.32 Å². The van der Waals surface area contributed by atoms with Crippen molar-refractivity contribution in [2.24, 2.45) is 5.92 Å². The molecule has 0 bridgehead atoms. The third-order valence-electron chi connectivity index (χ3n) is 2.17. The molecule has 0 aliphatic carbocycles. The van der Waals surface area contributed by atoms with Crippen molar-refractivity contribution >= 4 is 11.8 Å². The zero-order valence-corrected chi connectivity index (χ0v) is 11.1. The second kappa shape index (κ2) is 7.69. The van der Waals surface area contributed by atoms with Gasteiger partial charge in [0.05, 0.1) is 6.10 Å². The second-order valence-corrected chi connectivity index (χ2v) is 5.57. The van der Waals surface area contributed by atoms with Crippen molar-refractivity contribution < 1.29 is 9.50 Å². The molecule has 1 unspecified atom stereocenters. The summed E-state index contributed by atoms with van der Waals surface area (Å²) >= 11 is 1.47. The van der Waals surface area contributed by atoms with E-state index in [-0.39, 0.29) is 5.82 Å². The van der Waals surface area contributed by atoms with Gasteiger partial charge >= 0.3 is 0 Å². The van der Waals surface area contributed by atoms with Crippen LogP contribution in [0.5, 0.6) is 0 Å². The van der Waals surface area contributed by atoms with Crippen molar-refractivity contribution in [2.75, 3.05) is 18.8 Å². The Labute approximate surface area is 107 Å². The highest BCUT2D eigenvalue weighted by atomic mass is 32.2. The van der Waals surface area contributed by atoms with Gasteiger partial charge in [-0.2, -0.15) is 0 Å². The van der Waals surface area contributed by atoms with Crippen LogP contribution in [-0.4, -0.2) is 30.1 Å². The van der Waals surface area contributed by atoms with E-state index in [0.29, 0.717) is 18.2 Å². The van der Waals surface area contributed by atoms with E-state index in [0.717, 1.165) is 11.4 Å². The largest absolute Gasteiger partial charge is 0.391 e. The molecule has 17 heavy (non-hydrogen) atoms. The van der Waals surface area contributed by atoms with E-state index < -0.39 is 6.10 Å². The fraction of sp³-hybridized carbons (Fsp3) is 0.538. The van der Waals surface area contributed by atoms with E-state index in [1.165, 1.54) is 23.9 Å². The van der Waals surface area contributed by atoms with Crippen molar-refractivity contribution in [3.8, 4) is 0 Å². The van der Waals surface area contributed by atoms with Gasteiger partial charge in [-0.05, 0) is 30.7 Å². The Kier molecular flexibility index (Phi) is 6.55. The molecule has 2 nitrogen and oxygen atoms in total. The molecule has 1 aromatic rings. The predicted molar refractivity (Wildman–Crippen MR) is 70.8 cm³/mol. The molecule has 0 fully saturated rings. The smallest absolute Gasteiger partial charge is 0.124 e. The molecule has 0 aliphatic rings. The Morgan fingerprint density at radius 2 is 2.12 bits per heavy atom. The average Bonchev–Trinajstić information content (AvgIpc) is 2.26. The Morgan fingerprint density at radius 3 is 2.76 bits per heavy atom. The first-order chi connectivity index (χ1) is 8.08. The van der Waals surface area contributed by atoms with E-state index >= 15 is 0 Å². The van der Waals surface area contributed by atoms with Crippen LogP contribution in [0.3, 0.4) is 0 Å². The highest BCUT2D eigenvalue weighted by molar-refractivity contribution is 7.99. The quantitative estimate of drug-likeness (QED) is 0.736. The summed E-state index contributed by atoms with van der Waals surface area (Å²) in [5.74, 6) is 0.926. The van der Waals surface area contributed by atoms with Gasteiger partial charge in [0.15, 0.2) is 0 Å². The highest BCUT2D eigenvalue weighted by Gasteiger charge is 2.05. The van der Waals surface area contributed by atoms with Gasteiger partial charge in [-0.25, -0.2) is 4.39 Å². The number of benzene rings is 1. The van der Waals surface area contributed by atoms with Crippen LogP contribution in [0.1, 0.15) is 13.8 Å². The zero-order valence-electron chi connectivity index (χ0n) is 10.3. The number of nitrogens with one attached hydrogen (secondary N) is 1. The lowest BCUT2D eigenvalue weighted by atomic mass is 10.2. The van der Waals surface area contributed by atoms with Gasteiger partial charge in [-0.1, -0.05) is 19.9 Å². The van der Waals surface area contributed by atoms with Gasteiger partial charge in [0.25, 0.3) is 0 Å². The number of hydrogen-bond donors (Lipinski definition) is 2. The zero-order chi connectivity index (χ0) is 12.7. The monoisotopic (exact) mass is 257 g/mol. The SMILES string of the molecule is CC(C)CNCC(O)CSc1cccc(F)c1. The molecule has 2 N–H and O–H groups in total. The van der Waals surface area contributed by atoms with Crippen molar-refractivity contribution in [1.29, 1.82) is 0 Å². The maximum absolute atomic E-state index is 12.9. The number of aliphatic hydroxyl groups excluding tert-OH is 1. The number of aliphatic hydroxyl groups is 1. The minimum atomic E-state index is -0.401. The molecule has 0 heterocycles. The first-order valence-electron chi connectivity index (χ1n) is 5.85. The first kappa shape index (κ1) is 14.5. The molecule has 0 saturated heterocycles. The summed E-state index contributed by atoms with van der Waals surface area (Å²) in [6.07, 6.45) is -0.401. The molecule has 0 radical (unpaired) electrons. The minimum Gasteiger partial charge on any atom is -0.391 e. The van der Waals surface area contributed by atoms with Gasteiger partial charge in [0.2, 0.25) is 0 Å². The van der Waals surface area contributed by atoms with E-state index in [9.17, 15) is 9.50 Å². The van der Waals surface area contributed by atoms with E-state index in [1.54, 1.807) is 6.07 Å². The van der Waals surface area contributed by atoms with Crippen LogP contribution >= 0.6 is 11.8 Å². The number of rotatable bonds is 7. The topological polar surface area (TPSA) is 32.3 Å². The fourth-order valence-corrected chi connectivity index (χ4v) is 2.22. The molecule has 0 saturated carbocycles. The van der Waals surface area contributed by atoms with Crippen LogP contribution in [-0.2, 0) is 0 Å². The van der Waals surface area contributed by atoms with Crippen molar-refractivity contribution in [3.05, 3.63) is 30.1 Å². The van der Waals surface area contributed by atoms with Crippen LogP contribution in [0, 0.1) is 11.7 Å². The number of halogens is 1. The summed E-state index contributed by atoms with van der Waals surface area (Å²) < 4.78 is 12.9. The molecule has 0 amide bonds. The summed E-state index contributed by atoms with van der Waals surface area (Å²) in [5.41, 5.74) is 0. The Morgan fingerprint density at radius 1 is 1.35 bits per heavy atom. The lowest BCUT2D eigenvalue weighted by Crippen LogP contribution is -2.30. The van der Waals surface area contributed by atoms with E-state index in [1.807, 2.05) is 6.07 Å².